The Morgan fingerprint density at radius 1 is 1.00 bits per heavy atom. The van der Waals surface area contributed by atoms with Crippen molar-refractivity contribution in [3.05, 3.63) is 48.8 Å². The molecule has 2 aromatic heterocycles. The molecule has 0 atom stereocenters. The van der Waals surface area contributed by atoms with E-state index in [1.165, 1.54) is 44.0 Å². The van der Waals surface area contributed by atoms with Gasteiger partial charge in [0.25, 0.3) is 0 Å². The van der Waals surface area contributed by atoms with Crippen LogP contribution < -0.4 is 0 Å². The van der Waals surface area contributed by atoms with Crippen LogP contribution in [0.1, 0.15) is 38.5 Å². The van der Waals surface area contributed by atoms with E-state index in [1.807, 2.05) is 18.5 Å². The Labute approximate surface area is 137 Å². The number of hydrogen-bond donors (Lipinski definition) is 0. The van der Waals surface area contributed by atoms with Crippen LogP contribution >= 0.6 is 0 Å². The van der Waals surface area contributed by atoms with E-state index >= 15 is 0 Å². The Hall–Kier alpha value is -2.16. The van der Waals surface area contributed by atoms with E-state index in [9.17, 15) is 0 Å². The molecule has 1 saturated carbocycles. The number of aromatic nitrogens is 3. The highest BCUT2D eigenvalue weighted by atomic mass is 15.1. The Balaban J connectivity index is 1.68. The lowest BCUT2D eigenvalue weighted by atomic mass is 9.87. The van der Waals surface area contributed by atoms with Crippen molar-refractivity contribution in [2.75, 3.05) is 0 Å². The number of aryl methyl sites for hydroxylation is 1. The fourth-order valence-electron chi connectivity index (χ4n) is 3.80. The number of nitrogens with zero attached hydrogens (tertiary/aromatic N) is 3. The number of rotatable bonds is 4. The first-order valence-electron chi connectivity index (χ1n) is 8.77. The molecular weight excluding hydrogens is 282 g/mol. The number of hydrogen-bond acceptors (Lipinski definition) is 2. The molecule has 0 spiro atoms. The Morgan fingerprint density at radius 2 is 1.87 bits per heavy atom. The monoisotopic (exact) mass is 305 g/mol. The van der Waals surface area contributed by atoms with E-state index in [1.54, 1.807) is 0 Å². The standard InChI is InChI=1S/C20H23N3/c1-2-7-16(8-3-1)12-14-23-19-11-5-4-10-18(19)22-20(23)17-9-6-13-21-15-17/h4-6,9-11,13,15-16H,1-3,7-8,12,14H2. The molecule has 0 unspecified atom stereocenters. The minimum absolute atomic E-state index is 0.881. The van der Waals surface area contributed by atoms with Crippen LogP contribution in [0, 0.1) is 5.92 Å². The molecule has 3 nitrogen and oxygen atoms in total. The van der Waals surface area contributed by atoms with Gasteiger partial charge in [-0.2, -0.15) is 0 Å². The fraction of sp³-hybridized carbons (Fsp3) is 0.400. The maximum absolute atomic E-state index is 4.87. The van der Waals surface area contributed by atoms with Crippen molar-refractivity contribution in [3.63, 3.8) is 0 Å². The van der Waals surface area contributed by atoms with Crippen LogP contribution in [0.3, 0.4) is 0 Å². The quantitative estimate of drug-likeness (QED) is 0.674. The second-order valence-corrected chi connectivity index (χ2v) is 6.61. The van der Waals surface area contributed by atoms with Gasteiger partial charge >= 0.3 is 0 Å². The Morgan fingerprint density at radius 3 is 2.70 bits per heavy atom. The fourth-order valence-corrected chi connectivity index (χ4v) is 3.80. The van der Waals surface area contributed by atoms with Crippen molar-refractivity contribution in [3.8, 4) is 11.4 Å². The number of imidazole rings is 1. The summed E-state index contributed by atoms with van der Waals surface area (Å²) in [6.07, 6.45) is 12.0. The number of fused-ring (bicyclic) bond motifs is 1. The molecule has 0 bridgehead atoms. The molecule has 4 rings (SSSR count). The summed E-state index contributed by atoms with van der Waals surface area (Å²) in [5.74, 6) is 1.93. The van der Waals surface area contributed by atoms with Gasteiger partial charge in [-0.25, -0.2) is 4.98 Å². The second-order valence-electron chi connectivity index (χ2n) is 6.61. The van der Waals surface area contributed by atoms with Crippen molar-refractivity contribution in [1.82, 2.24) is 14.5 Å². The van der Waals surface area contributed by atoms with Gasteiger partial charge in [0, 0.05) is 24.5 Å². The highest BCUT2D eigenvalue weighted by Crippen LogP contribution is 2.29. The van der Waals surface area contributed by atoms with E-state index in [4.69, 9.17) is 4.98 Å². The molecule has 0 amide bonds. The third-order valence-electron chi connectivity index (χ3n) is 5.06. The smallest absolute Gasteiger partial charge is 0.142 e. The molecule has 2 heterocycles. The van der Waals surface area contributed by atoms with E-state index in [-0.39, 0.29) is 0 Å². The third kappa shape index (κ3) is 3.00. The summed E-state index contributed by atoms with van der Waals surface area (Å²) < 4.78 is 2.39. The SMILES string of the molecule is c1cncc(-c2nc3ccccc3n2CCC2CCCCC2)c1. The van der Waals surface area contributed by atoms with Gasteiger partial charge in [-0.1, -0.05) is 44.2 Å². The summed E-state index contributed by atoms with van der Waals surface area (Å²) in [5, 5.41) is 0. The number of pyridine rings is 1. The van der Waals surface area contributed by atoms with Crippen LogP contribution in [-0.2, 0) is 6.54 Å². The van der Waals surface area contributed by atoms with Gasteiger partial charge in [-0.3, -0.25) is 4.98 Å². The van der Waals surface area contributed by atoms with E-state index in [0.717, 1.165) is 29.4 Å². The minimum Gasteiger partial charge on any atom is -0.324 e. The van der Waals surface area contributed by atoms with Crippen molar-refractivity contribution >= 4 is 11.0 Å². The zero-order chi connectivity index (χ0) is 15.5. The molecule has 23 heavy (non-hydrogen) atoms. The van der Waals surface area contributed by atoms with Gasteiger partial charge in [0.15, 0.2) is 0 Å². The van der Waals surface area contributed by atoms with Gasteiger partial charge in [-0.05, 0) is 36.6 Å². The molecular formula is C20H23N3. The van der Waals surface area contributed by atoms with Crippen LogP contribution in [0.5, 0.6) is 0 Å². The molecule has 0 saturated heterocycles. The molecule has 3 aromatic rings. The summed E-state index contributed by atoms with van der Waals surface area (Å²) >= 11 is 0. The molecule has 1 aliphatic carbocycles. The minimum atomic E-state index is 0.881. The normalized spacial score (nSPS) is 16.0. The predicted molar refractivity (Wildman–Crippen MR) is 94.2 cm³/mol. The number of para-hydroxylation sites is 2. The average molecular weight is 305 g/mol. The van der Waals surface area contributed by atoms with E-state index in [0.29, 0.717) is 0 Å². The first-order valence-corrected chi connectivity index (χ1v) is 8.77. The van der Waals surface area contributed by atoms with Crippen molar-refractivity contribution in [2.45, 2.75) is 45.1 Å². The Kier molecular flexibility index (Phi) is 4.10. The largest absolute Gasteiger partial charge is 0.324 e. The lowest BCUT2D eigenvalue weighted by Gasteiger charge is -2.22. The summed E-state index contributed by atoms with van der Waals surface area (Å²) in [7, 11) is 0. The summed E-state index contributed by atoms with van der Waals surface area (Å²) in [4.78, 5) is 9.14. The summed E-state index contributed by atoms with van der Waals surface area (Å²) in [6.45, 7) is 1.05. The van der Waals surface area contributed by atoms with Crippen LogP contribution in [0.4, 0.5) is 0 Å². The van der Waals surface area contributed by atoms with Gasteiger partial charge < -0.3 is 4.57 Å². The lowest BCUT2D eigenvalue weighted by molar-refractivity contribution is 0.326. The maximum Gasteiger partial charge on any atom is 0.142 e. The summed E-state index contributed by atoms with van der Waals surface area (Å²) in [6, 6.07) is 12.5. The van der Waals surface area contributed by atoms with Crippen molar-refractivity contribution in [2.24, 2.45) is 5.92 Å². The Bertz CT molecular complexity index is 770. The van der Waals surface area contributed by atoms with Gasteiger partial charge in [0.05, 0.1) is 11.0 Å². The average Bonchev–Trinajstić information content (AvgIpc) is 3.00. The van der Waals surface area contributed by atoms with Crippen LogP contribution in [0.15, 0.2) is 48.8 Å². The van der Waals surface area contributed by atoms with Gasteiger partial charge in [0.2, 0.25) is 0 Å². The highest BCUT2D eigenvalue weighted by Gasteiger charge is 2.16. The van der Waals surface area contributed by atoms with Crippen LogP contribution in [0.2, 0.25) is 0 Å². The molecule has 118 valence electrons. The molecule has 0 aliphatic heterocycles. The molecule has 0 radical (unpaired) electrons. The highest BCUT2D eigenvalue weighted by molar-refractivity contribution is 5.80. The molecule has 0 N–H and O–H groups in total. The van der Waals surface area contributed by atoms with Crippen molar-refractivity contribution in [1.29, 1.82) is 0 Å². The second kappa shape index (κ2) is 6.53. The molecule has 1 fully saturated rings. The van der Waals surface area contributed by atoms with E-state index < -0.39 is 0 Å². The first-order chi connectivity index (χ1) is 11.4. The topological polar surface area (TPSA) is 30.7 Å². The van der Waals surface area contributed by atoms with Gasteiger partial charge in [0.1, 0.15) is 5.82 Å². The van der Waals surface area contributed by atoms with E-state index in [2.05, 4.69) is 39.9 Å². The molecule has 1 aliphatic rings. The van der Waals surface area contributed by atoms with Crippen LogP contribution in [-0.4, -0.2) is 14.5 Å². The zero-order valence-electron chi connectivity index (χ0n) is 13.5. The first kappa shape index (κ1) is 14.4. The summed E-state index contributed by atoms with van der Waals surface area (Å²) in [5.41, 5.74) is 3.42. The predicted octanol–water partition coefficient (Wildman–Crippen LogP) is 5.07. The molecule has 1 aromatic carbocycles. The lowest BCUT2D eigenvalue weighted by Crippen LogP contribution is -2.10. The molecule has 3 heteroatoms. The maximum atomic E-state index is 4.87. The zero-order valence-corrected chi connectivity index (χ0v) is 13.5. The number of benzene rings is 1. The van der Waals surface area contributed by atoms with Crippen LogP contribution in [0.25, 0.3) is 22.4 Å². The van der Waals surface area contributed by atoms with Crippen molar-refractivity contribution < 1.29 is 0 Å². The third-order valence-corrected chi connectivity index (χ3v) is 5.06. The van der Waals surface area contributed by atoms with Gasteiger partial charge in [-0.15, -0.1) is 0 Å².